The molecule has 4 aromatic rings. The van der Waals surface area contributed by atoms with Gasteiger partial charge in [0.05, 0.1) is 35.8 Å². The van der Waals surface area contributed by atoms with Crippen LogP contribution in [0.25, 0.3) is 9.53 Å². The van der Waals surface area contributed by atoms with Crippen molar-refractivity contribution in [3.8, 4) is 5.75 Å². The molecule has 0 aliphatic heterocycles. The largest absolute Gasteiger partial charge is 0.494 e. The number of rotatable bonds is 23. The predicted octanol–water partition coefficient (Wildman–Crippen LogP) is 11.2. The Bertz CT molecular complexity index is 1650. The van der Waals surface area contributed by atoms with Gasteiger partial charge in [-0.3, -0.25) is 4.79 Å². The summed E-state index contributed by atoms with van der Waals surface area (Å²) in [5.74, 6) is 0.297. The number of carbonyl (C=O) groups is 2. The molecule has 2 heterocycles. The summed E-state index contributed by atoms with van der Waals surface area (Å²) >= 11 is 2.92. The van der Waals surface area contributed by atoms with Crippen LogP contribution in [0.4, 0.5) is 27.2 Å². The SMILES string of the molecule is C=CC(=O)OCCCCCCCCCCOc1ccc(N=Nc2cc3sc(N=Nc4ccc(N(CC)CCOC(=O)CC)cc4)nc3s2)cc1. The van der Waals surface area contributed by atoms with Crippen LogP contribution in [0.3, 0.4) is 0 Å². The molecule has 11 nitrogen and oxygen atoms in total. The second kappa shape index (κ2) is 21.6. The average Bonchev–Trinajstić information content (AvgIpc) is 3.71. The summed E-state index contributed by atoms with van der Waals surface area (Å²) < 4.78 is 17.1. The molecule has 13 heteroatoms. The fourth-order valence-corrected chi connectivity index (χ4v) is 6.73. The molecule has 50 heavy (non-hydrogen) atoms. The number of thiophene rings is 1. The lowest BCUT2D eigenvalue weighted by Gasteiger charge is -2.22. The normalized spacial score (nSPS) is 11.4. The van der Waals surface area contributed by atoms with Crippen LogP contribution in [-0.4, -0.2) is 49.8 Å². The number of benzene rings is 2. The molecule has 2 aromatic heterocycles. The van der Waals surface area contributed by atoms with Gasteiger partial charge in [-0.15, -0.1) is 20.5 Å². The third-order valence-electron chi connectivity index (χ3n) is 7.64. The van der Waals surface area contributed by atoms with Crippen LogP contribution in [0.1, 0.15) is 71.6 Å². The van der Waals surface area contributed by atoms with E-state index in [0.717, 1.165) is 69.6 Å². The summed E-state index contributed by atoms with van der Waals surface area (Å²) in [6.45, 7) is 10.2. The van der Waals surface area contributed by atoms with Gasteiger partial charge >= 0.3 is 11.9 Å². The van der Waals surface area contributed by atoms with Gasteiger partial charge < -0.3 is 19.1 Å². The highest BCUT2D eigenvalue weighted by Gasteiger charge is 2.09. The Kier molecular flexibility index (Phi) is 16.5. The smallest absolute Gasteiger partial charge is 0.330 e. The number of nitrogens with zero attached hydrogens (tertiary/aromatic N) is 6. The van der Waals surface area contributed by atoms with E-state index < -0.39 is 0 Å². The van der Waals surface area contributed by atoms with Crippen LogP contribution >= 0.6 is 22.7 Å². The minimum atomic E-state index is -0.344. The number of ether oxygens (including phenoxy) is 3. The van der Waals surface area contributed by atoms with Crippen LogP contribution < -0.4 is 9.64 Å². The molecule has 2 aromatic carbocycles. The quantitative estimate of drug-likeness (QED) is 0.0323. The molecule has 266 valence electrons. The fraction of sp³-hybridized carbons (Fsp3) is 0.432. The summed E-state index contributed by atoms with van der Waals surface area (Å²) in [7, 11) is 0. The van der Waals surface area contributed by atoms with E-state index in [4.69, 9.17) is 14.2 Å². The first-order valence-corrected chi connectivity index (χ1v) is 18.9. The fourth-order valence-electron chi connectivity index (χ4n) is 4.88. The molecule has 0 radical (unpaired) electrons. The molecule has 4 rings (SSSR count). The molecule has 0 saturated carbocycles. The van der Waals surface area contributed by atoms with Gasteiger partial charge in [0.25, 0.3) is 0 Å². The Morgan fingerprint density at radius 1 is 0.780 bits per heavy atom. The first-order chi connectivity index (χ1) is 24.5. The van der Waals surface area contributed by atoms with Crippen LogP contribution in [0.15, 0.2) is 87.7 Å². The van der Waals surface area contributed by atoms with Gasteiger partial charge in [-0.25, -0.2) is 9.78 Å². The second-order valence-corrected chi connectivity index (χ2v) is 13.4. The van der Waals surface area contributed by atoms with Gasteiger partial charge in [0.15, 0.2) is 0 Å². The number of unbranched alkanes of at least 4 members (excludes halogenated alkanes) is 7. The van der Waals surface area contributed by atoms with Gasteiger partial charge in [0.2, 0.25) is 5.13 Å². The number of azo groups is 2. The number of thiazole rings is 1. The predicted molar refractivity (Wildman–Crippen MR) is 201 cm³/mol. The molecule has 0 aliphatic rings. The number of hydrogen-bond donors (Lipinski definition) is 0. The van der Waals surface area contributed by atoms with Gasteiger partial charge in [0.1, 0.15) is 22.2 Å². The lowest BCUT2D eigenvalue weighted by molar-refractivity contribution is -0.143. The zero-order valence-corrected chi connectivity index (χ0v) is 30.6. The van der Waals surface area contributed by atoms with Crippen LogP contribution in [0, 0.1) is 0 Å². The number of anilines is 1. The van der Waals surface area contributed by atoms with Gasteiger partial charge in [-0.1, -0.05) is 74.7 Å². The molecular formula is C37H46N6O5S2. The van der Waals surface area contributed by atoms with E-state index in [9.17, 15) is 9.59 Å². The van der Waals surface area contributed by atoms with Crippen molar-refractivity contribution in [2.75, 3.05) is 37.8 Å². The molecule has 0 N–H and O–H groups in total. The lowest BCUT2D eigenvalue weighted by atomic mass is 10.1. The van der Waals surface area contributed by atoms with E-state index in [1.54, 1.807) is 6.92 Å². The first kappa shape index (κ1) is 38.3. The number of esters is 2. The maximum Gasteiger partial charge on any atom is 0.330 e. The molecule has 0 fully saturated rings. The highest BCUT2D eigenvalue weighted by Crippen LogP contribution is 2.39. The first-order valence-electron chi connectivity index (χ1n) is 17.2. The summed E-state index contributed by atoms with van der Waals surface area (Å²) in [5, 5.41) is 18.8. The van der Waals surface area contributed by atoms with E-state index in [-0.39, 0.29) is 11.9 Å². The number of likely N-dealkylation sites (N-methyl/N-ethyl adjacent to an activating group) is 1. The van der Waals surface area contributed by atoms with Gasteiger partial charge in [-0.05, 0) is 74.4 Å². The number of aromatic nitrogens is 1. The highest BCUT2D eigenvalue weighted by atomic mass is 32.1. The van der Waals surface area contributed by atoms with E-state index >= 15 is 0 Å². The maximum atomic E-state index is 11.4. The Morgan fingerprint density at radius 3 is 2.06 bits per heavy atom. The van der Waals surface area contributed by atoms with Gasteiger partial charge in [0, 0.05) is 24.7 Å². The van der Waals surface area contributed by atoms with Crippen molar-refractivity contribution in [2.24, 2.45) is 20.5 Å². The van der Waals surface area contributed by atoms with E-state index in [0.29, 0.717) is 37.9 Å². The van der Waals surface area contributed by atoms with Crippen LogP contribution in [-0.2, 0) is 19.1 Å². The molecular weight excluding hydrogens is 673 g/mol. The summed E-state index contributed by atoms with van der Waals surface area (Å²) in [5.41, 5.74) is 2.51. The summed E-state index contributed by atoms with van der Waals surface area (Å²) in [6, 6.07) is 17.4. The zero-order valence-electron chi connectivity index (χ0n) is 28.9. The Hall–Kier alpha value is -4.49. The Morgan fingerprint density at radius 2 is 1.42 bits per heavy atom. The van der Waals surface area contributed by atoms with E-state index in [2.05, 4.69) is 43.8 Å². The Labute approximate surface area is 302 Å². The Balaban J connectivity index is 1.13. The molecule has 0 aliphatic carbocycles. The van der Waals surface area contributed by atoms with E-state index in [1.165, 1.54) is 54.4 Å². The minimum absolute atomic E-state index is 0.187. The number of carbonyl (C=O) groups excluding carboxylic acids is 2. The van der Waals surface area contributed by atoms with Crippen LogP contribution in [0.2, 0.25) is 0 Å². The van der Waals surface area contributed by atoms with Crippen LogP contribution in [0.5, 0.6) is 5.75 Å². The monoisotopic (exact) mass is 718 g/mol. The highest BCUT2D eigenvalue weighted by molar-refractivity contribution is 7.30. The standard InChI is InChI=1S/C37H46N6O5S2/c1-4-34(44)47-25-14-12-10-8-7-9-11-13-24-46-31-21-17-29(18-22-31)39-41-33-27-32-36(50-33)38-37(49-32)42-40-28-15-19-30(20-16-28)43(6-3)23-26-48-35(45)5-2/h4,15-22,27H,1,5-14,23-26H2,2-3H3. The van der Waals surface area contributed by atoms with Crippen molar-refractivity contribution >= 4 is 71.3 Å². The number of fused-ring (bicyclic) bond motifs is 1. The average molecular weight is 719 g/mol. The molecule has 0 unspecified atom stereocenters. The van der Waals surface area contributed by atoms with E-state index in [1.807, 2.05) is 54.6 Å². The lowest BCUT2D eigenvalue weighted by Crippen LogP contribution is -2.27. The maximum absolute atomic E-state index is 11.4. The summed E-state index contributed by atoms with van der Waals surface area (Å²) in [6.07, 6.45) is 10.5. The van der Waals surface area contributed by atoms with Gasteiger partial charge in [-0.2, -0.15) is 0 Å². The van der Waals surface area contributed by atoms with Crippen molar-refractivity contribution in [1.29, 1.82) is 0 Å². The van der Waals surface area contributed by atoms with Crippen molar-refractivity contribution in [1.82, 2.24) is 4.98 Å². The van der Waals surface area contributed by atoms with Crippen molar-refractivity contribution in [3.63, 3.8) is 0 Å². The van der Waals surface area contributed by atoms with Crippen molar-refractivity contribution in [3.05, 3.63) is 67.3 Å². The third-order valence-corrected chi connectivity index (χ3v) is 9.57. The third kappa shape index (κ3) is 13.4. The molecule has 0 atom stereocenters. The minimum Gasteiger partial charge on any atom is -0.494 e. The topological polar surface area (TPSA) is 127 Å². The second-order valence-electron chi connectivity index (χ2n) is 11.4. The molecule has 0 spiro atoms. The van der Waals surface area contributed by atoms with Crippen molar-refractivity contribution in [2.45, 2.75) is 71.6 Å². The summed E-state index contributed by atoms with van der Waals surface area (Å²) in [4.78, 5) is 30.0. The number of hydrogen-bond acceptors (Lipinski definition) is 13. The molecule has 0 bridgehead atoms. The molecule has 0 saturated heterocycles. The zero-order chi connectivity index (χ0) is 35.4. The molecule has 0 amide bonds. The van der Waals surface area contributed by atoms with Crippen molar-refractivity contribution < 1.29 is 23.8 Å².